The molecular formula is C12H19BrN2. The summed E-state index contributed by atoms with van der Waals surface area (Å²) in [5.74, 6) is 0.770. The zero-order chi connectivity index (χ0) is 11.3. The SMILES string of the molecule is CC(C)CCCNc1cc(Br)ccc1N. The first-order valence-corrected chi connectivity index (χ1v) is 6.18. The van der Waals surface area contributed by atoms with E-state index in [9.17, 15) is 0 Å². The predicted molar refractivity (Wildman–Crippen MR) is 71.1 cm³/mol. The van der Waals surface area contributed by atoms with E-state index < -0.39 is 0 Å². The van der Waals surface area contributed by atoms with Crippen molar-refractivity contribution in [3.8, 4) is 0 Å². The molecule has 3 heteroatoms. The Kier molecular flexibility index (Phi) is 4.95. The van der Waals surface area contributed by atoms with Gasteiger partial charge in [-0.05, 0) is 37.0 Å². The lowest BCUT2D eigenvalue weighted by Crippen LogP contribution is -2.05. The molecule has 0 fully saturated rings. The predicted octanol–water partition coefficient (Wildman–Crippen LogP) is 3.88. The second-order valence-corrected chi connectivity index (χ2v) is 5.11. The molecule has 0 atom stereocenters. The summed E-state index contributed by atoms with van der Waals surface area (Å²) in [4.78, 5) is 0. The second-order valence-electron chi connectivity index (χ2n) is 4.19. The molecule has 0 amide bonds. The van der Waals surface area contributed by atoms with Gasteiger partial charge < -0.3 is 11.1 Å². The largest absolute Gasteiger partial charge is 0.397 e. The zero-order valence-electron chi connectivity index (χ0n) is 9.39. The van der Waals surface area contributed by atoms with Crippen molar-refractivity contribution in [2.24, 2.45) is 5.92 Å². The molecule has 0 aromatic heterocycles. The van der Waals surface area contributed by atoms with Crippen LogP contribution in [-0.2, 0) is 0 Å². The van der Waals surface area contributed by atoms with Gasteiger partial charge in [0.2, 0.25) is 0 Å². The maximum atomic E-state index is 5.85. The highest BCUT2D eigenvalue weighted by Gasteiger charge is 1.99. The van der Waals surface area contributed by atoms with Crippen LogP contribution in [0.4, 0.5) is 11.4 Å². The van der Waals surface area contributed by atoms with E-state index in [0.29, 0.717) is 0 Å². The topological polar surface area (TPSA) is 38.0 Å². The third-order valence-corrected chi connectivity index (χ3v) is 2.78. The summed E-state index contributed by atoms with van der Waals surface area (Å²) in [6.07, 6.45) is 2.44. The molecule has 1 aromatic carbocycles. The van der Waals surface area contributed by atoms with E-state index >= 15 is 0 Å². The Bertz CT molecular complexity index is 310. The Hall–Kier alpha value is -0.700. The van der Waals surface area contributed by atoms with Gasteiger partial charge in [-0.2, -0.15) is 0 Å². The highest BCUT2D eigenvalue weighted by Crippen LogP contribution is 2.23. The maximum Gasteiger partial charge on any atom is 0.0585 e. The smallest absolute Gasteiger partial charge is 0.0585 e. The molecule has 0 heterocycles. The van der Waals surface area contributed by atoms with Crippen LogP contribution in [0.5, 0.6) is 0 Å². The monoisotopic (exact) mass is 270 g/mol. The number of anilines is 2. The molecule has 0 saturated carbocycles. The van der Waals surface area contributed by atoms with Gasteiger partial charge in [0, 0.05) is 11.0 Å². The van der Waals surface area contributed by atoms with Gasteiger partial charge in [-0.25, -0.2) is 0 Å². The minimum atomic E-state index is 0.770. The molecule has 0 bridgehead atoms. The summed E-state index contributed by atoms with van der Waals surface area (Å²) in [5.41, 5.74) is 7.68. The maximum absolute atomic E-state index is 5.85. The number of nitrogen functional groups attached to an aromatic ring is 1. The third kappa shape index (κ3) is 4.56. The highest BCUT2D eigenvalue weighted by atomic mass is 79.9. The van der Waals surface area contributed by atoms with Crippen LogP contribution >= 0.6 is 15.9 Å². The molecule has 0 saturated heterocycles. The van der Waals surface area contributed by atoms with Gasteiger partial charge in [-0.15, -0.1) is 0 Å². The number of rotatable bonds is 5. The van der Waals surface area contributed by atoms with Crippen LogP contribution < -0.4 is 11.1 Å². The van der Waals surface area contributed by atoms with E-state index in [0.717, 1.165) is 28.3 Å². The number of hydrogen-bond acceptors (Lipinski definition) is 2. The van der Waals surface area contributed by atoms with Gasteiger partial charge in [-0.3, -0.25) is 0 Å². The molecule has 3 N–H and O–H groups in total. The minimum absolute atomic E-state index is 0.770. The molecule has 15 heavy (non-hydrogen) atoms. The summed E-state index contributed by atoms with van der Waals surface area (Å²) in [5, 5.41) is 3.35. The summed E-state index contributed by atoms with van der Waals surface area (Å²) in [6.45, 7) is 5.47. The van der Waals surface area contributed by atoms with Gasteiger partial charge in [0.1, 0.15) is 0 Å². The van der Waals surface area contributed by atoms with Crippen molar-refractivity contribution in [2.45, 2.75) is 26.7 Å². The van der Waals surface area contributed by atoms with E-state index in [-0.39, 0.29) is 0 Å². The first-order valence-electron chi connectivity index (χ1n) is 5.38. The molecule has 0 radical (unpaired) electrons. The molecule has 0 aliphatic rings. The highest BCUT2D eigenvalue weighted by molar-refractivity contribution is 9.10. The summed E-state index contributed by atoms with van der Waals surface area (Å²) < 4.78 is 1.06. The van der Waals surface area contributed by atoms with Crippen molar-refractivity contribution in [3.63, 3.8) is 0 Å². The summed E-state index contributed by atoms with van der Waals surface area (Å²) in [7, 11) is 0. The average Bonchev–Trinajstić information content (AvgIpc) is 2.17. The fourth-order valence-electron chi connectivity index (χ4n) is 1.41. The molecule has 84 valence electrons. The van der Waals surface area contributed by atoms with Gasteiger partial charge in [0.15, 0.2) is 0 Å². The number of halogens is 1. The van der Waals surface area contributed by atoms with Crippen LogP contribution in [0.1, 0.15) is 26.7 Å². The Morgan fingerprint density at radius 1 is 1.40 bits per heavy atom. The van der Waals surface area contributed by atoms with Crippen LogP contribution in [0.2, 0.25) is 0 Å². The van der Waals surface area contributed by atoms with Crippen molar-refractivity contribution in [3.05, 3.63) is 22.7 Å². The lowest BCUT2D eigenvalue weighted by Gasteiger charge is -2.10. The Labute approximate surface area is 100 Å². The van der Waals surface area contributed by atoms with Gasteiger partial charge in [-0.1, -0.05) is 29.8 Å². The van der Waals surface area contributed by atoms with Gasteiger partial charge in [0.25, 0.3) is 0 Å². The molecule has 0 spiro atoms. The Morgan fingerprint density at radius 3 is 2.80 bits per heavy atom. The van der Waals surface area contributed by atoms with E-state index in [1.165, 1.54) is 12.8 Å². The Balaban J connectivity index is 2.40. The quantitative estimate of drug-likeness (QED) is 0.630. The lowest BCUT2D eigenvalue weighted by molar-refractivity contribution is 0.567. The molecular weight excluding hydrogens is 252 g/mol. The minimum Gasteiger partial charge on any atom is -0.397 e. The van der Waals surface area contributed by atoms with Crippen LogP contribution in [0.15, 0.2) is 22.7 Å². The third-order valence-electron chi connectivity index (χ3n) is 2.29. The first kappa shape index (κ1) is 12.4. The normalized spacial score (nSPS) is 10.7. The average molecular weight is 271 g/mol. The molecule has 0 aliphatic carbocycles. The van der Waals surface area contributed by atoms with Gasteiger partial charge in [0.05, 0.1) is 11.4 Å². The summed E-state index contributed by atoms with van der Waals surface area (Å²) in [6, 6.07) is 5.88. The van der Waals surface area contributed by atoms with E-state index in [2.05, 4.69) is 35.1 Å². The standard InChI is InChI=1S/C12H19BrN2/c1-9(2)4-3-7-15-12-8-10(13)5-6-11(12)14/h5-6,8-9,15H,3-4,7,14H2,1-2H3. The van der Waals surface area contributed by atoms with E-state index in [4.69, 9.17) is 5.73 Å². The fourth-order valence-corrected chi connectivity index (χ4v) is 1.78. The fraction of sp³-hybridized carbons (Fsp3) is 0.500. The zero-order valence-corrected chi connectivity index (χ0v) is 11.0. The lowest BCUT2D eigenvalue weighted by atomic mass is 10.1. The molecule has 0 unspecified atom stereocenters. The van der Waals surface area contributed by atoms with Crippen molar-refractivity contribution < 1.29 is 0 Å². The summed E-state index contributed by atoms with van der Waals surface area (Å²) >= 11 is 3.43. The molecule has 0 aliphatic heterocycles. The Morgan fingerprint density at radius 2 is 2.13 bits per heavy atom. The second kappa shape index (κ2) is 6.01. The van der Waals surface area contributed by atoms with E-state index in [1.54, 1.807) is 0 Å². The number of nitrogens with two attached hydrogens (primary N) is 1. The number of nitrogens with one attached hydrogen (secondary N) is 1. The number of benzene rings is 1. The molecule has 2 nitrogen and oxygen atoms in total. The van der Waals surface area contributed by atoms with Crippen LogP contribution in [0.3, 0.4) is 0 Å². The van der Waals surface area contributed by atoms with Crippen LogP contribution in [0.25, 0.3) is 0 Å². The molecule has 1 rings (SSSR count). The number of hydrogen-bond donors (Lipinski definition) is 2. The van der Waals surface area contributed by atoms with Crippen molar-refractivity contribution in [1.82, 2.24) is 0 Å². The van der Waals surface area contributed by atoms with Crippen molar-refractivity contribution in [2.75, 3.05) is 17.6 Å². The van der Waals surface area contributed by atoms with Crippen LogP contribution in [0, 0.1) is 5.92 Å². The van der Waals surface area contributed by atoms with Crippen molar-refractivity contribution in [1.29, 1.82) is 0 Å². The first-order chi connectivity index (χ1) is 7.09. The van der Waals surface area contributed by atoms with E-state index in [1.807, 2.05) is 18.2 Å². The van der Waals surface area contributed by atoms with Crippen LogP contribution in [-0.4, -0.2) is 6.54 Å². The van der Waals surface area contributed by atoms with Crippen molar-refractivity contribution >= 4 is 27.3 Å². The molecule has 1 aromatic rings. The van der Waals surface area contributed by atoms with Gasteiger partial charge >= 0.3 is 0 Å².